The van der Waals surface area contributed by atoms with Gasteiger partial charge in [-0.15, -0.1) is 6.42 Å². The molecule has 0 spiro atoms. The van der Waals surface area contributed by atoms with Crippen molar-refractivity contribution in [3.8, 4) is 23.8 Å². The molecule has 0 aliphatic heterocycles. The van der Waals surface area contributed by atoms with Crippen LogP contribution in [-0.4, -0.2) is 24.4 Å². The quantitative estimate of drug-likeness (QED) is 0.859. The van der Waals surface area contributed by atoms with Gasteiger partial charge in [0.25, 0.3) is 0 Å². The highest BCUT2D eigenvalue weighted by atomic mass is 16.5. The fourth-order valence-electron chi connectivity index (χ4n) is 3.97. The Morgan fingerprint density at radius 3 is 2.61 bits per heavy atom. The van der Waals surface area contributed by atoms with E-state index in [0.29, 0.717) is 6.42 Å². The number of ether oxygens (including phenoxy) is 2. The van der Waals surface area contributed by atoms with Gasteiger partial charge in [0.1, 0.15) is 0 Å². The van der Waals surface area contributed by atoms with Crippen LogP contribution in [0.4, 0.5) is 0 Å². The highest BCUT2D eigenvalue weighted by Gasteiger charge is 2.36. The fourth-order valence-corrected chi connectivity index (χ4v) is 3.97. The molecule has 2 unspecified atom stereocenters. The molecular weight excluding hydrogens is 288 g/mol. The van der Waals surface area contributed by atoms with Crippen LogP contribution in [0.2, 0.25) is 0 Å². The highest BCUT2D eigenvalue weighted by molar-refractivity contribution is 5.48. The zero-order chi connectivity index (χ0) is 16.3. The maximum atomic E-state index is 10.1. The van der Waals surface area contributed by atoms with Crippen molar-refractivity contribution in [3.63, 3.8) is 0 Å². The summed E-state index contributed by atoms with van der Waals surface area (Å²) in [7, 11) is 1.66. The molecule has 23 heavy (non-hydrogen) atoms. The Bertz CT molecular complexity index is 583. The molecule has 0 aromatic heterocycles. The number of hydrogen-bond acceptors (Lipinski definition) is 3. The topological polar surface area (TPSA) is 38.7 Å². The van der Waals surface area contributed by atoms with Gasteiger partial charge in [-0.3, -0.25) is 0 Å². The predicted molar refractivity (Wildman–Crippen MR) is 90.9 cm³/mol. The number of hydrogen-bond donors (Lipinski definition) is 1. The average molecular weight is 314 g/mol. The van der Waals surface area contributed by atoms with Crippen LogP contribution < -0.4 is 9.47 Å². The van der Waals surface area contributed by atoms with Crippen molar-refractivity contribution in [1.29, 1.82) is 0 Å². The molecule has 0 radical (unpaired) electrons. The Morgan fingerprint density at radius 1 is 1.17 bits per heavy atom. The van der Waals surface area contributed by atoms with E-state index >= 15 is 0 Å². The molecule has 3 rings (SSSR count). The van der Waals surface area contributed by atoms with E-state index in [1.54, 1.807) is 7.11 Å². The van der Waals surface area contributed by atoms with Crippen molar-refractivity contribution in [2.75, 3.05) is 7.11 Å². The first-order valence-corrected chi connectivity index (χ1v) is 8.68. The van der Waals surface area contributed by atoms with Gasteiger partial charge in [-0.2, -0.15) is 0 Å². The molecule has 0 heterocycles. The molecule has 0 bridgehead atoms. The van der Waals surface area contributed by atoms with Gasteiger partial charge in [0.2, 0.25) is 0 Å². The Balaban J connectivity index is 1.91. The SMILES string of the molecule is C#CC1(c2ccc(OC)c(OC3CCCC3)c2)CCCC(O)C1. The van der Waals surface area contributed by atoms with Gasteiger partial charge in [0, 0.05) is 0 Å². The first kappa shape index (κ1) is 16.2. The first-order chi connectivity index (χ1) is 11.2. The van der Waals surface area contributed by atoms with Crippen LogP contribution in [0.3, 0.4) is 0 Å². The first-order valence-electron chi connectivity index (χ1n) is 8.68. The van der Waals surface area contributed by atoms with E-state index in [4.69, 9.17) is 15.9 Å². The zero-order valence-corrected chi connectivity index (χ0v) is 13.9. The summed E-state index contributed by atoms with van der Waals surface area (Å²) in [4.78, 5) is 0. The normalized spacial score (nSPS) is 28.3. The Morgan fingerprint density at radius 2 is 1.96 bits per heavy atom. The van der Waals surface area contributed by atoms with Crippen LogP contribution in [-0.2, 0) is 5.41 Å². The minimum absolute atomic E-state index is 0.276. The molecule has 1 aromatic carbocycles. The number of aliphatic hydroxyl groups is 1. The Kier molecular flexibility index (Phi) is 4.82. The van der Waals surface area contributed by atoms with Crippen molar-refractivity contribution in [2.24, 2.45) is 0 Å². The monoisotopic (exact) mass is 314 g/mol. The minimum atomic E-state index is -0.391. The number of aliphatic hydroxyl groups excluding tert-OH is 1. The van der Waals surface area contributed by atoms with Gasteiger partial charge in [-0.1, -0.05) is 12.0 Å². The number of benzene rings is 1. The molecular formula is C20H26O3. The molecule has 1 N–H and O–H groups in total. The summed E-state index contributed by atoms with van der Waals surface area (Å²) in [6.07, 6.45) is 13.8. The maximum Gasteiger partial charge on any atom is 0.161 e. The summed E-state index contributed by atoms with van der Waals surface area (Å²) in [6, 6.07) is 6.01. The second kappa shape index (κ2) is 6.84. The third-order valence-corrected chi connectivity index (χ3v) is 5.31. The molecule has 2 fully saturated rings. The Labute approximate surface area is 139 Å². The summed E-state index contributed by atoms with van der Waals surface area (Å²) < 4.78 is 11.6. The van der Waals surface area contributed by atoms with Gasteiger partial charge in [0.05, 0.1) is 24.7 Å². The maximum absolute atomic E-state index is 10.1. The molecule has 0 saturated heterocycles. The second-order valence-corrected chi connectivity index (χ2v) is 6.87. The van der Waals surface area contributed by atoms with Crippen molar-refractivity contribution < 1.29 is 14.6 Å². The van der Waals surface area contributed by atoms with Crippen LogP contribution in [0.5, 0.6) is 11.5 Å². The highest BCUT2D eigenvalue weighted by Crippen LogP contribution is 2.42. The van der Waals surface area contributed by atoms with E-state index in [0.717, 1.165) is 49.2 Å². The molecule has 3 heteroatoms. The summed E-state index contributed by atoms with van der Waals surface area (Å²) >= 11 is 0. The lowest BCUT2D eigenvalue weighted by atomic mass is 9.69. The largest absolute Gasteiger partial charge is 0.493 e. The molecule has 2 aliphatic rings. The minimum Gasteiger partial charge on any atom is -0.493 e. The second-order valence-electron chi connectivity index (χ2n) is 6.87. The smallest absolute Gasteiger partial charge is 0.161 e. The third kappa shape index (κ3) is 3.33. The van der Waals surface area contributed by atoms with Gasteiger partial charge < -0.3 is 14.6 Å². The molecule has 2 aliphatic carbocycles. The summed E-state index contributed by atoms with van der Waals surface area (Å²) in [5.41, 5.74) is 0.671. The molecule has 3 nitrogen and oxygen atoms in total. The lowest BCUT2D eigenvalue weighted by molar-refractivity contribution is 0.103. The van der Waals surface area contributed by atoms with Crippen LogP contribution in [0.15, 0.2) is 18.2 Å². The molecule has 1 aromatic rings. The number of terminal acetylenes is 1. The summed E-state index contributed by atoms with van der Waals surface area (Å²) in [5.74, 6) is 4.50. The van der Waals surface area contributed by atoms with Crippen LogP contribution in [0.25, 0.3) is 0 Å². The van der Waals surface area contributed by atoms with Gasteiger partial charge in [-0.05, 0) is 69.1 Å². The van der Waals surface area contributed by atoms with E-state index in [9.17, 15) is 5.11 Å². The number of rotatable bonds is 4. The zero-order valence-electron chi connectivity index (χ0n) is 13.9. The van der Waals surface area contributed by atoms with E-state index < -0.39 is 5.41 Å². The van der Waals surface area contributed by atoms with Crippen molar-refractivity contribution in [2.45, 2.75) is 69.0 Å². The lowest BCUT2D eigenvalue weighted by Gasteiger charge is -2.36. The van der Waals surface area contributed by atoms with Gasteiger partial charge in [-0.25, -0.2) is 0 Å². The van der Waals surface area contributed by atoms with Gasteiger partial charge >= 0.3 is 0 Å². The average Bonchev–Trinajstić information content (AvgIpc) is 3.07. The Hall–Kier alpha value is -1.66. The van der Waals surface area contributed by atoms with Crippen molar-refractivity contribution in [1.82, 2.24) is 0 Å². The fraction of sp³-hybridized carbons (Fsp3) is 0.600. The standard InChI is InChI=1S/C20H26O3/c1-3-20(12-6-7-16(21)14-20)15-10-11-18(22-2)19(13-15)23-17-8-4-5-9-17/h1,10-11,13,16-17,21H,4-9,12,14H2,2H3. The van der Waals surface area contributed by atoms with E-state index in [1.165, 1.54) is 12.8 Å². The summed E-state index contributed by atoms with van der Waals surface area (Å²) in [6.45, 7) is 0. The van der Waals surface area contributed by atoms with E-state index in [-0.39, 0.29) is 12.2 Å². The molecule has 124 valence electrons. The van der Waals surface area contributed by atoms with E-state index in [2.05, 4.69) is 5.92 Å². The van der Waals surface area contributed by atoms with Crippen molar-refractivity contribution >= 4 is 0 Å². The lowest BCUT2D eigenvalue weighted by Crippen LogP contribution is -2.34. The molecule has 2 atom stereocenters. The molecule has 0 amide bonds. The predicted octanol–water partition coefficient (Wildman–Crippen LogP) is 3.82. The number of methoxy groups -OCH3 is 1. The van der Waals surface area contributed by atoms with Crippen LogP contribution in [0.1, 0.15) is 56.9 Å². The molecule has 2 saturated carbocycles. The van der Waals surface area contributed by atoms with Gasteiger partial charge in [0.15, 0.2) is 11.5 Å². The van der Waals surface area contributed by atoms with Crippen LogP contribution in [0, 0.1) is 12.3 Å². The van der Waals surface area contributed by atoms with Crippen LogP contribution >= 0.6 is 0 Å². The van der Waals surface area contributed by atoms with Crippen molar-refractivity contribution in [3.05, 3.63) is 23.8 Å². The third-order valence-electron chi connectivity index (χ3n) is 5.31. The summed E-state index contributed by atoms with van der Waals surface area (Å²) in [5, 5.41) is 10.1. The van der Waals surface area contributed by atoms with E-state index in [1.807, 2.05) is 18.2 Å².